The van der Waals surface area contributed by atoms with E-state index in [-0.39, 0.29) is 24.0 Å². The number of hydrogen-bond donors (Lipinski definition) is 0. The van der Waals surface area contributed by atoms with E-state index in [4.69, 9.17) is 0 Å². The van der Waals surface area contributed by atoms with E-state index in [1.165, 1.54) is 24.1 Å². The van der Waals surface area contributed by atoms with Gasteiger partial charge in [0.2, 0.25) is 0 Å². The Morgan fingerprint density at radius 2 is 1.94 bits per heavy atom. The lowest BCUT2D eigenvalue weighted by atomic mass is 10.2. The van der Waals surface area contributed by atoms with E-state index in [1.807, 2.05) is 22.5 Å². The van der Waals surface area contributed by atoms with Crippen molar-refractivity contribution in [3.8, 4) is 0 Å². The second-order valence-corrected chi connectivity index (χ2v) is 4.42. The van der Waals surface area contributed by atoms with Gasteiger partial charge in [-0.25, -0.2) is 0 Å². The van der Waals surface area contributed by atoms with Crippen molar-refractivity contribution in [1.82, 2.24) is 9.90 Å². The third-order valence-corrected chi connectivity index (χ3v) is 2.94. The first kappa shape index (κ1) is 15.1. The average Bonchev–Trinajstić information content (AvgIpc) is 2.68. The molecule has 2 aromatic rings. The maximum atomic E-state index is 4.49. The zero-order valence-electron chi connectivity index (χ0n) is 11.0. The van der Waals surface area contributed by atoms with Crippen molar-refractivity contribution in [3.05, 3.63) is 47.8 Å². The fraction of sp³-hybridized carbons (Fsp3) is 0.429. The Labute approximate surface area is 126 Å². The highest BCUT2D eigenvalue weighted by molar-refractivity contribution is 5.13. The second-order valence-electron chi connectivity index (χ2n) is 4.42. The molecule has 0 aliphatic heterocycles. The largest absolute Gasteiger partial charge is 1.00 e. The van der Waals surface area contributed by atoms with Crippen molar-refractivity contribution < 1.29 is 28.7 Å². The molecule has 0 saturated heterocycles. The predicted octanol–water partition coefficient (Wildman–Crippen LogP) is -0.897. The third kappa shape index (κ3) is 4.08. The average molecular weight is 357 g/mol. The molecule has 0 aliphatic rings. The molecule has 18 heavy (non-hydrogen) atoms. The maximum absolute atomic E-state index is 4.49. The lowest BCUT2D eigenvalue weighted by molar-refractivity contribution is -0.747. The quantitative estimate of drug-likeness (QED) is 0.502. The van der Waals surface area contributed by atoms with Gasteiger partial charge in [0.25, 0.3) is 0 Å². The Bertz CT molecular complexity index is 465. The van der Waals surface area contributed by atoms with E-state index >= 15 is 0 Å². The van der Waals surface area contributed by atoms with Crippen LogP contribution in [-0.2, 0) is 20.0 Å². The van der Waals surface area contributed by atoms with Gasteiger partial charge in [-0.3, -0.25) is 0 Å². The summed E-state index contributed by atoms with van der Waals surface area (Å²) in [7, 11) is 2.02. The number of rotatable bonds is 5. The van der Waals surface area contributed by atoms with Crippen molar-refractivity contribution in [3.63, 3.8) is 0 Å². The molecule has 0 unspecified atom stereocenters. The Balaban J connectivity index is 0.00000162. The number of nitrogens with zero attached hydrogens (tertiary/aromatic N) is 3. The van der Waals surface area contributed by atoms with Crippen molar-refractivity contribution in [1.29, 1.82) is 0 Å². The molecule has 1 aromatic heterocycles. The molecule has 0 atom stereocenters. The van der Waals surface area contributed by atoms with E-state index in [1.54, 1.807) is 0 Å². The molecular formula is C14H20IN3. The van der Waals surface area contributed by atoms with Gasteiger partial charge in [0.1, 0.15) is 13.6 Å². The van der Waals surface area contributed by atoms with Crippen molar-refractivity contribution in [2.75, 3.05) is 0 Å². The van der Waals surface area contributed by atoms with Gasteiger partial charge in [0, 0.05) is 6.42 Å². The van der Waals surface area contributed by atoms with Gasteiger partial charge in [0.05, 0.1) is 5.21 Å². The maximum Gasteiger partial charge on any atom is 0.167 e. The Morgan fingerprint density at radius 3 is 2.61 bits per heavy atom. The van der Waals surface area contributed by atoms with Gasteiger partial charge in [-0.2, -0.15) is 0 Å². The highest BCUT2D eigenvalue weighted by Crippen LogP contribution is 2.02. The van der Waals surface area contributed by atoms with Crippen molar-refractivity contribution in [2.24, 2.45) is 7.05 Å². The number of benzene rings is 1. The summed E-state index contributed by atoms with van der Waals surface area (Å²) in [6, 6.07) is 10.4. The molecule has 1 aromatic carbocycles. The highest BCUT2D eigenvalue weighted by atomic mass is 127. The first-order chi connectivity index (χ1) is 8.29. The van der Waals surface area contributed by atoms with Gasteiger partial charge >= 0.3 is 0 Å². The Kier molecular flexibility index (Phi) is 6.32. The number of unbranched alkanes of at least 4 members (excludes halogenated alkanes) is 1. The minimum atomic E-state index is 0. The summed E-state index contributed by atoms with van der Waals surface area (Å²) in [6.07, 6.45) is 5.72. The standard InChI is InChI=1S/C14H20N3.HI/c1-3-4-10-14-12-17(15-16(14)2)11-13-8-6-5-7-9-13;/h5-9,12H,3-4,10-11H2,1-2H3;1H/q+1;/p-1. The van der Waals surface area contributed by atoms with E-state index in [9.17, 15) is 0 Å². The van der Waals surface area contributed by atoms with Gasteiger partial charge in [0.15, 0.2) is 11.9 Å². The summed E-state index contributed by atoms with van der Waals surface area (Å²) >= 11 is 0. The van der Waals surface area contributed by atoms with Crippen LogP contribution in [0.15, 0.2) is 36.5 Å². The molecule has 0 saturated carbocycles. The van der Waals surface area contributed by atoms with E-state index in [0.29, 0.717) is 0 Å². The van der Waals surface area contributed by atoms with Crippen LogP contribution >= 0.6 is 0 Å². The molecule has 0 bridgehead atoms. The highest BCUT2D eigenvalue weighted by Gasteiger charge is 2.11. The van der Waals surface area contributed by atoms with E-state index < -0.39 is 0 Å². The van der Waals surface area contributed by atoms with Crippen LogP contribution in [0.2, 0.25) is 0 Å². The fourth-order valence-electron chi connectivity index (χ4n) is 1.94. The smallest absolute Gasteiger partial charge is 0.167 e. The molecule has 1 heterocycles. The first-order valence-corrected chi connectivity index (χ1v) is 6.26. The Hall–Kier alpha value is -0.910. The molecule has 0 radical (unpaired) electrons. The topological polar surface area (TPSA) is 21.7 Å². The van der Waals surface area contributed by atoms with Crippen molar-refractivity contribution in [2.45, 2.75) is 32.7 Å². The Morgan fingerprint density at radius 1 is 1.22 bits per heavy atom. The van der Waals surface area contributed by atoms with Crippen LogP contribution in [0, 0.1) is 0 Å². The molecule has 0 aliphatic carbocycles. The summed E-state index contributed by atoms with van der Waals surface area (Å²) in [6.45, 7) is 3.06. The van der Waals surface area contributed by atoms with Gasteiger partial charge < -0.3 is 24.0 Å². The van der Waals surface area contributed by atoms with Gasteiger partial charge in [-0.05, 0) is 12.0 Å². The first-order valence-electron chi connectivity index (χ1n) is 6.26. The molecule has 0 spiro atoms. The van der Waals surface area contributed by atoms with Crippen LogP contribution in [0.4, 0.5) is 0 Å². The summed E-state index contributed by atoms with van der Waals surface area (Å²) < 4.78 is 4.00. The van der Waals surface area contributed by atoms with Crippen LogP contribution in [0.3, 0.4) is 0 Å². The minimum absolute atomic E-state index is 0. The minimum Gasteiger partial charge on any atom is -1.00 e. The molecule has 98 valence electrons. The second kappa shape index (κ2) is 7.51. The normalized spacial score (nSPS) is 10.1. The summed E-state index contributed by atoms with van der Waals surface area (Å²) in [5, 5.41) is 4.49. The molecule has 0 fully saturated rings. The molecular weight excluding hydrogens is 337 g/mol. The zero-order chi connectivity index (χ0) is 12.1. The molecule has 2 rings (SSSR count). The SMILES string of the molecule is CCCCc1c[n+](Cc2ccccc2)nn1C.[I-]. The third-order valence-electron chi connectivity index (χ3n) is 2.94. The predicted molar refractivity (Wildman–Crippen MR) is 67.6 cm³/mol. The van der Waals surface area contributed by atoms with Gasteiger partial charge in [-0.15, -0.1) is 9.36 Å². The summed E-state index contributed by atoms with van der Waals surface area (Å²) in [5.74, 6) is 0. The van der Waals surface area contributed by atoms with Crippen LogP contribution in [-0.4, -0.2) is 9.90 Å². The number of aromatic nitrogens is 3. The van der Waals surface area contributed by atoms with Crippen LogP contribution in [0.25, 0.3) is 0 Å². The van der Waals surface area contributed by atoms with Crippen LogP contribution < -0.4 is 28.7 Å². The number of halogens is 1. The molecule has 4 heteroatoms. The van der Waals surface area contributed by atoms with Crippen LogP contribution in [0.5, 0.6) is 0 Å². The molecule has 0 amide bonds. The van der Waals surface area contributed by atoms with E-state index in [0.717, 1.165) is 13.0 Å². The zero-order valence-corrected chi connectivity index (χ0v) is 13.2. The lowest BCUT2D eigenvalue weighted by Gasteiger charge is -1.93. The molecule has 3 nitrogen and oxygen atoms in total. The van der Waals surface area contributed by atoms with Gasteiger partial charge in [-0.1, -0.05) is 43.7 Å². The summed E-state index contributed by atoms with van der Waals surface area (Å²) in [4.78, 5) is 0. The molecule has 0 N–H and O–H groups in total. The monoisotopic (exact) mass is 357 g/mol. The summed E-state index contributed by atoms with van der Waals surface area (Å²) in [5.41, 5.74) is 2.60. The number of aryl methyl sites for hydroxylation is 2. The fourth-order valence-corrected chi connectivity index (χ4v) is 1.94. The van der Waals surface area contributed by atoms with Crippen LogP contribution in [0.1, 0.15) is 31.0 Å². The number of hydrogen-bond acceptors (Lipinski definition) is 1. The van der Waals surface area contributed by atoms with Crippen molar-refractivity contribution >= 4 is 0 Å². The van der Waals surface area contributed by atoms with E-state index in [2.05, 4.69) is 42.6 Å². The lowest BCUT2D eigenvalue weighted by Crippen LogP contribution is -3.00.